The number of ether oxygens (including phenoxy) is 1. The maximum absolute atomic E-state index is 12.6. The summed E-state index contributed by atoms with van der Waals surface area (Å²) in [6.07, 6.45) is 6.15. The van der Waals surface area contributed by atoms with Gasteiger partial charge in [-0.15, -0.1) is 0 Å². The van der Waals surface area contributed by atoms with Crippen LogP contribution in [0.4, 0.5) is 0 Å². The number of esters is 1. The molecule has 1 unspecified atom stereocenters. The van der Waals surface area contributed by atoms with Gasteiger partial charge < -0.3 is 9.84 Å². The van der Waals surface area contributed by atoms with Crippen molar-refractivity contribution in [2.24, 2.45) is 0 Å². The van der Waals surface area contributed by atoms with Crippen molar-refractivity contribution in [1.29, 1.82) is 0 Å². The smallest absolute Gasteiger partial charge is 0.320 e. The van der Waals surface area contributed by atoms with E-state index in [9.17, 15) is 9.90 Å². The summed E-state index contributed by atoms with van der Waals surface area (Å²) in [5.74, 6) is -0.356. The van der Waals surface area contributed by atoms with Gasteiger partial charge in [0.05, 0.1) is 6.61 Å². The Morgan fingerprint density at radius 3 is 2.12 bits per heavy atom. The number of benzene rings is 1. The normalized spacial score (nSPS) is 12.0. The first-order valence-corrected chi connectivity index (χ1v) is 10.2. The minimum atomic E-state index is -0.954. The lowest BCUT2D eigenvalue weighted by atomic mass is 9.76. The van der Waals surface area contributed by atoms with Gasteiger partial charge in [0.1, 0.15) is 12.1 Å². The van der Waals surface area contributed by atoms with E-state index in [1.165, 1.54) is 19.3 Å². The highest BCUT2D eigenvalue weighted by atomic mass is 16.5. The topological polar surface area (TPSA) is 58.6 Å². The molecular formula is C22H41NO3. The number of aliphatic hydroxyl groups excluding tert-OH is 1. The minimum absolute atomic E-state index is 0.156. The number of hydrogen-bond donors (Lipinski definition) is 2. The molecule has 0 aliphatic heterocycles. The van der Waals surface area contributed by atoms with Crippen LogP contribution in [0.1, 0.15) is 78.7 Å². The first kappa shape index (κ1) is 26.8. The molecule has 1 aromatic rings. The Balaban J connectivity index is 0. The number of carbonyl (C=O) groups is 1. The Labute approximate surface area is 161 Å². The highest BCUT2D eigenvalue weighted by Gasteiger charge is 2.40. The molecule has 0 saturated heterocycles. The molecule has 0 amide bonds. The molecule has 26 heavy (non-hydrogen) atoms. The fraction of sp³-hybridized carbons (Fsp3) is 0.682. The summed E-state index contributed by atoms with van der Waals surface area (Å²) in [7, 11) is 1.72. The van der Waals surface area contributed by atoms with Crippen LogP contribution in [0.25, 0.3) is 0 Å². The lowest BCUT2D eigenvalue weighted by molar-refractivity contribution is -0.153. The Morgan fingerprint density at radius 2 is 1.62 bits per heavy atom. The number of unbranched alkanes of at least 4 members (excludes halogenated alkanes) is 4. The average molecular weight is 368 g/mol. The van der Waals surface area contributed by atoms with Crippen molar-refractivity contribution in [1.82, 2.24) is 5.32 Å². The van der Waals surface area contributed by atoms with Crippen LogP contribution in [0.3, 0.4) is 0 Å². The largest absolute Gasteiger partial charge is 0.449 e. The summed E-state index contributed by atoms with van der Waals surface area (Å²) < 4.78 is 5.27. The fourth-order valence-corrected chi connectivity index (χ4v) is 2.66. The van der Waals surface area contributed by atoms with E-state index in [-0.39, 0.29) is 19.3 Å². The van der Waals surface area contributed by atoms with Crippen molar-refractivity contribution >= 4 is 5.97 Å². The maximum atomic E-state index is 12.6. The average Bonchev–Trinajstić information content (AvgIpc) is 2.73. The molecule has 0 aromatic heterocycles. The number of carbonyl (C=O) groups excluding carboxylic acids is 1. The molecule has 0 bridgehead atoms. The first-order chi connectivity index (χ1) is 12.7. The highest BCUT2D eigenvalue weighted by molar-refractivity contribution is 5.83. The molecule has 2 N–H and O–H groups in total. The molecule has 0 fully saturated rings. The predicted molar refractivity (Wildman–Crippen MR) is 111 cm³/mol. The third-order valence-electron chi connectivity index (χ3n) is 4.04. The third kappa shape index (κ3) is 9.35. The molecule has 0 aliphatic rings. The zero-order chi connectivity index (χ0) is 20.3. The number of nitrogens with one attached hydrogen (secondary N) is 1. The van der Waals surface area contributed by atoms with Crippen LogP contribution in [-0.2, 0) is 14.9 Å². The lowest BCUT2D eigenvalue weighted by Crippen LogP contribution is -2.42. The molecule has 1 atom stereocenters. The van der Waals surface area contributed by atoms with Gasteiger partial charge in [0.2, 0.25) is 0 Å². The van der Waals surface area contributed by atoms with Crippen LogP contribution < -0.4 is 5.32 Å². The summed E-state index contributed by atoms with van der Waals surface area (Å²) in [6, 6.07) is 9.47. The molecular weight excluding hydrogens is 326 g/mol. The molecule has 1 rings (SSSR count). The van der Waals surface area contributed by atoms with Gasteiger partial charge >= 0.3 is 5.97 Å². The molecule has 4 nitrogen and oxygen atoms in total. The molecule has 0 aliphatic carbocycles. The van der Waals surface area contributed by atoms with Gasteiger partial charge in [-0.1, -0.05) is 97.1 Å². The molecule has 152 valence electrons. The van der Waals surface area contributed by atoms with Crippen molar-refractivity contribution in [3.05, 3.63) is 35.9 Å². The maximum Gasteiger partial charge on any atom is 0.320 e. The van der Waals surface area contributed by atoms with E-state index >= 15 is 0 Å². The second-order valence-electron chi connectivity index (χ2n) is 5.70. The van der Waals surface area contributed by atoms with E-state index in [1.54, 1.807) is 7.05 Å². The van der Waals surface area contributed by atoms with Crippen LogP contribution in [0, 0.1) is 0 Å². The van der Waals surface area contributed by atoms with Crippen molar-refractivity contribution in [3.8, 4) is 0 Å². The van der Waals surface area contributed by atoms with Crippen molar-refractivity contribution in [2.75, 3.05) is 20.4 Å². The quantitative estimate of drug-likeness (QED) is 0.326. The van der Waals surface area contributed by atoms with Crippen LogP contribution >= 0.6 is 0 Å². The first-order valence-electron chi connectivity index (χ1n) is 10.2. The summed E-state index contributed by atoms with van der Waals surface area (Å²) in [4.78, 5) is 12.6. The monoisotopic (exact) mass is 367 g/mol. The number of rotatable bonds is 11. The van der Waals surface area contributed by atoms with Gasteiger partial charge in [-0.05, 0) is 19.0 Å². The summed E-state index contributed by atoms with van der Waals surface area (Å²) in [5, 5.41) is 12.8. The van der Waals surface area contributed by atoms with Gasteiger partial charge in [0.25, 0.3) is 0 Å². The van der Waals surface area contributed by atoms with Gasteiger partial charge in [-0.25, -0.2) is 0 Å². The Hall–Kier alpha value is -1.39. The minimum Gasteiger partial charge on any atom is -0.449 e. The summed E-state index contributed by atoms with van der Waals surface area (Å²) >= 11 is 0. The Bertz CT molecular complexity index is 423. The van der Waals surface area contributed by atoms with E-state index in [1.807, 2.05) is 58.0 Å². The van der Waals surface area contributed by atoms with E-state index in [0.29, 0.717) is 6.42 Å². The number of aliphatic hydroxyl groups is 1. The highest BCUT2D eigenvalue weighted by Crippen LogP contribution is 2.31. The summed E-state index contributed by atoms with van der Waals surface area (Å²) in [5.41, 5.74) is -0.126. The van der Waals surface area contributed by atoms with E-state index in [2.05, 4.69) is 12.2 Å². The van der Waals surface area contributed by atoms with Gasteiger partial charge in [-0.3, -0.25) is 10.1 Å². The SMILES string of the molecule is CC.CC.CCCCCCCC(CO)(C(=O)OCNC)c1ccccc1. The van der Waals surface area contributed by atoms with Crippen LogP contribution in [0.5, 0.6) is 0 Å². The number of hydrogen-bond acceptors (Lipinski definition) is 4. The Kier molecular flexibility index (Phi) is 19.0. The zero-order valence-electron chi connectivity index (χ0n) is 17.8. The molecule has 4 heteroatoms. The van der Waals surface area contributed by atoms with Crippen LogP contribution in [0.2, 0.25) is 0 Å². The van der Waals surface area contributed by atoms with Crippen LogP contribution in [-0.4, -0.2) is 31.5 Å². The van der Waals surface area contributed by atoms with E-state index in [4.69, 9.17) is 4.74 Å². The van der Waals surface area contributed by atoms with Gasteiger partial charge in [-0.2, -0.15) is 0 Å². The van der Waals surface area contributed by atoms with E-state index < -0.39 is 5.41 Å². The van der Waals surface area contributed by atoms with Gasteiger partial charge in [0.15, 0.2) is 0 Å². The lowest BCUT2D eigenvalue weighted by Gasteiger charge is -2.30. The van der Waals surface area contributed by atoms with Crippen molar-refractivity contribution in [2.45, 2.75) is 78.6 Å². The van der Waals surface area contributed by atoms with Gasteiger partial charge in [0, 0.05) is 0 Å². The second kappa shape index (κ2) is 18.4. The standard InChI is InChI=1S/C18H29NO3.2C2H6/c1-3-4-5-6-10-13-18(14-20,17(21)22-15-19-2)16-11-8-7-9-12-16;2*1-2/h7-9,11-12,19-20H,3-6,10,13-15H2,1-2H3;2*1-2H3. The second-order valence-corrected chi connectivity index (χ2v) is 5.70. The molecule has 0 heterocycles. The fourth-order valence-electron chi connectivity index (χ4n) is 2.66. The molecule has 1 aromatic carbocycles. The molecule has 0 radical (unpaired) electrons. The summed E-state index contributed by atoms with van der Waals surface area (Å²) in [6.45, 7) is 10.1. The van der Waals surface area contributed by atoms with E-state index in [0.717, 1.165) is 18.4 Å². The van der Waals surface area contributed by atoms with Crippen molar-refractivity contribution in [3.63, 3.8) is 0 Å². The third-order valence-corrected chi connectivity index (χ3v) is 4.04. The predicted octanol–water partition coefficient (Wildman–Crippen LogP) is 5.05. The van der Waals surface area contributed by atoms with Crippen molar-refractivity contribution < 1.29 is 14.6 Å². The molecule has 0 saturated carbocycles. The molecule has 0 spiro atoms. The Morgan fingerprint density at radius 1 is 1.04 bits per heavy atom. The van der Waals surface area contributed by atoms with Crippen LogP contribution in [0.15, 0.2) is 30.3 Å². The zero-order valence-corrected chi connectivity index (χ0v) is 17.8.